The van der Waals surface area contributed by atoms with Gasteiger partial charge in [0.1, 0.15) is 11.1 Å². The number of hydrogen-bond donors (Lipinski definition) is 3. The Hall–Kier alpha value is -3.41. The van der Waals surface area contributed by atoms with Crippen LogP contribution in [0.4, 0.5) is 13.2 Å². The maximum Gasteiger partial charge on any atom is 0.471 e. The van der Waals surface area contributed by atoms with Crippen LogP contribution in [0.5, 0.6) is 0 Å². The molecule has 2 aromatic carbocycles. The molecule has 3 aromatic rings. The van der Waals surface area contributed by atoms with E-state index in [-0.39, 0.29) is 18.7 Å². The molecule has 174 valence electrons. The van der Waals surface area contributed by atoms with Crippen LogP contribution in [-0.2, 0) is 26.0 Å². The lowest BCUT2D eigenvalue weighted by molar-refractivity contribution is -0.174. The first-order valence-corrected chi connectivity index (χ1v) is 11.4. The van der Waals surface area contributed by atoms with Crippen LogP contribution in [-0.4, -0.2) is 36.4 Å². The highest BCUT2D eigenvalue weighted by atomic mass is 32.2. The molecule has 1 aliphatic heterocycles. The topological polar surface area (TPSA) is 121 Å². The van der Waals surface area contributed by atoms with Crippen molar-refractivity contribution in [1.82, 2.24) is 20.0 Å². The fraction of sp³-hybridized carbons (Fsp3) is 0.286. The number of aromatic amines is 1. The molecule has 1 aromatic heterocycles. The van der Waals surface area contributed by atoms with Crippen LogP contribution in [0.2, 0.25) is 0 Å². The number of amides is 2. The summed E-state index contributed by atoms with van der Waals surface area (Å²) in [4.78, 5) is 30.4. The molecule has 4 rings (SSSR count). The zero-order valence-electron chi connectivity index (χ0n) is 17.2. The number of imidazole rings is 1. The second-order valence-corrected chi connectivity index (χ2v) is 9.74. The number of benzene rings is 2. The van der Waals surface area contributed by atoms with Crippen LogP contribution < -0.4 is 10.0 Å². The van der Waals surface area contributed by atoms with Crippen molar-refractivity contribution in [1.29, 1.82) is 0 Å². The summed E-state index contributed by atoms with van der Waals surface area (Å²) in [5.74, 6) is -2.54. The molecular weight excluding hydrogens is 461 g/mol. The third kappa shape index (κ3) is 4.85. The molecule has 0 bridgehead atoms. The number of H-pyrrole nitrogens is 1. The Kier molecular flexibility index (Phi) is 5.64. The number of aryl methyl sites for hydroxylation is 1. The van der Waals surface area contributed by atoms with Gasteiger partial charge < -0.3 is 10.3 Å². The van der Waals surface area contributed by atoms with Crippen LogP contribution >= 0.6 is 0 Å². The lowest BCUT2D eigenvalue weighted by atomic mass is 10.0. The molecule has 12 heteroatoms. The number of aromatic nitrogens is 2. The van der Waals surface area contributed by atoms with E-state index >= 15 is 0 Å². The van der Waals surface area contributed by atoms with Crippen LogP contribution in [0.1, 0.15) is 40.2 Å². The number of carbonyl (C=O) groups is 2. The number of carbonyl (C=O) groups excluding carboxylic acids is 2. The van der Waals surface area contributed by atoms with Gasteiger partial charge in [-0.05, 0) is 42.2 Å². The van der Waals surface area contributed by atoms with E-state index in [0.717, 1.165) is 5.56 Å². The van der Waals surface area contributed by atoms with E-state index < -0.39 is 39.3 Å². The highest BCUT2D eigenvalue weighted by Gasteiger charge is 2.40. The molecule has 0 saturated carbocycles. The molecule has 0 radical (unpaired) electrons. The summed E-state index contributed by atoms with van der Waals surface area (Å²) in [6.45, 7) is 1.86. The van der Waals surface area contributed by atoms with Crippen molar-refractivity contribution < 1.29 is 31.2 Å². The van der Waals surface area contributed by atoms with E-state index in [9.17, 15) is 31.2 Å². The second-order valence-electron chi connectivity index (χ2n) is 7.88. The van der Waals surface area contributed by atoms with Crippen molar-refractivity contribution in [3.05, 3.63) is 65.0 Å². The van der Waals surface area contributed by atoms with Gasteiger partial charge in [-0.3, -0.25) is 14.3 Å². The Morgan fingerprint density at radius 3 is 2.52 bits per heavy atom. The summed E-state index contributed by atoms with van der Waals surface area (Å²) in [5, 5.41) is 0.948. The van der Waals surface area contributed by atoms with Crippen molar-refractivity contribution in [2.24, 2.45) is 0 Å². The third-order valence-electron chi connectivity index (χ3n) is 5.34. The first-order valence-electron chi connectivity index (χ1n) is 9.89. The van der Waals surface area contributed by atoms with E-state index in [1.54, 1.807) is 24.3 Å². The van der Waals surface area contributed by atoms with Gasteiger partial charge in [0.2, 0.25) is 15.9 Å². The molecule has 1 fully saturated rings. The second kappa shape index (κ2) is 8.18. The molecule has 1 saturated heterocycles. The van der Waals surface area contributed by atoms with Gasteiger partial charge in [0.05, 0.1) is 23.5 Å². The summed E-state index contributed by atoms with van der Waals surface area (Å²) in [6.07, 6.45) is -5.30. The number of fused-ring (bicyclic) bond motifs is 1. The Bertz CT molecular complexity index is 1330. The van der Waals surface area contributed by atoms with Crippen molar-refractivity contribution in [2.45, 2.75) is 37.2 Å². The first-order chi connectivity index (χ1) is 15.4. The Morgan fingerprint density at radius 2 is 1.91 bits per heavy atom. The maximum atomic E-state index is 12.9. The van der Waals surface area contributed by atoms with Gasteiger partial charge in [0, 0.05) is 0 Å². The molecule has 8 nitrogen and oxygen atoms in total. The van der Waals surface area contributed by atoms with Gasteiger partial charge >= 0.3 is 12.1 Å². The van der Waals surface area contributed by atoms with E-state index in [1.165, 1.54) is 12.1 Å². The van der Waals surface area contributed by atoms with Crippen molar-refractivity contribution in [3.63, 3.8) is 0 Å². The van der Waals surface area contributed by atoms with Gasteiger partial charge in [-0.1, -0.05) is 30.3 Å². The maximum absolute atomic E-state index is 12.9. The SMILES string of the molecule is Cc1ccc2nc([C@H](Cc3ccc(C4CC(=O)NS4(=O)=O)cc3)NC(=O)C(F)(F)F)[nH]c2c1. The van der Waals surface area contributed by atoms with E-state index in [0.29, 0.717) is 22.2 Å². The number of halogens is 3. The average Bonchev–Trinajstić information content (AvgIpc) is 3.26. The summed E-state index contributed by atoms with van der Waals surface area (Å²) in [7, 11) is -3.82. The van der Waals surface area contributed by atoms with E-state index in [2.05, 4.69) is 9.97 Å². The molecule has 3 N–H and O–H groups in total. The third-order valence-corrected chi connectivity index (χ3v) is 7.04. The molecule has 33 heavy (non-hydrogen) atoms. The number of sulfonamides is 1. The highest BCUT2D eigenvalue weighted by Crippen LogP contribution is 2.31. The minimum absolute atomic E-state index is 0.0322. The fourth-order valence-electron chi connectivity index (χ4n) is 3.72. The minimum atomic E-state index is -5.07. The smallest absolute Gasteiger partial charge is 0.340 e. The highest BCUT2D eigenvalue weighted by molar-refractivity contribution is 7.90. The summed E-state index contributed by atoms with van der Waals surface area (Å²) >= 11 is 0. The van der Waals surface area contributed by atoms with Gasteiger partial charge in [0.25, 0.3) is 0 Å². The van der Waals surface area contributed by atoms with Crippen LogP contribution in [0.15, 0.2) is 42.5 Å². The van der Waals surface area contributed by atoms with Crippen LogP contribution in [0, 0.1) is 6.92 Å². The Balaban J connectivity index is 1.62. The summed E-state index contributed by atoms with van der Waals surface area (Å²) in [5.41, 5.74) is 3.01. The van der Waals surface area contributed by atoms with Crippen LogP contribution in [0.25, 0.3) is 11.0 Å². The minimum Gasteiger partial charge on any atom is -0.340 e. The van der Waals surface area contributed by atoms with Crippen molar-refractivity contribution in [3.8, 4) is 0 Å². The van der Waals surface area contributed by atoms with Crippen molar-refractivity contribution >= 4 is 32.9 Å². The zero-order chi connectivity index (χ0) is 24.0. The number of rotatable bonds is 5. The predicted octanol–water partition coefficient (Wildman–Crippen LogP) is 2.72. The predicted molar refractivity (Wildman–Crippen MR) is 112 cm³/mol. The normalized spacial score (nSPS) is 18.8. The van der Waals surface area contributed by atoms with Gasteiger partial charge in [-0.25, -0.2) is 13.4 Å². The monoisotopic (exact) mass is 480 g/mol. The first kappa shape index (κ1) is 22.8. The quantitative estimate of drug-likeness (QED) is 0.519. The Morgan fingerprint density at radius 1 is 1.21 bits per heavy atom. The standard InChI is InChI=1S/C21H19F3N4O4S/c1-11-2-7-14-15(8-11)26-19(25-14)16(27-20(30)21(22,23)24)9-12-3-5-13(6-4-12)17-10-18(29)28-33(17,31)32/h2-8,16-17H,9-10H2,1H3,(H,25,26)(H,27,30)(H,28,29)/t16-,17?/m0/s1. The molecule has 2 atom stereocenters. The van der Waals surface area contributed by atoms with Crippen molar-refractivity contribution in [2.75, 3.05) is 0 Å². The largest absolute Gasteiger partial charge is 0.471 e. The van der Waals surface area contributed by atoms with E-state index in [4.69, 9.17) is 0 Å². The number of nitrogens with one attached hydrogen (secondary N) is 3. The molecule has 0 spiro atoms. The fourth-order valence-corrected chi connectivity index (χ4v) is 5.14. The number of alkyl halides is 3. The molecule has 2 heterocycles. The summed E-state index contributed by atoms with van der Waals surface area (Å²) < 4.78 is 64.8. The van der Waals surface area contributed by atoms with Gasteiger partial charge in [0.15, 0.2) is 0 Å². The Labute approximate surface area is 186 Å². The molecule has 2 amide bonds. The number of hydrogen-bond acceptors (Lipinski definition) is 5. The number of nitrogens with zero attached hydrogens (tertiary/aromatic N) is 1. The van der Waals surface area contributed by atoms with E-state index in [1.807, 2.05) is 23.0 Å². The lowest BCUT2D eigenvalue weighted by Gasteiger charge is -2.18. The zero-order valence-corrected chi connectivity index (χ0v) is 18.0. The van der Waals surface area contributed by atoms with Gasteiger partial charge in [-0.2, -0.15) is 13.2 Å². The molecule has 0 aliphatic carbocycles. The average molecular weight is 480 g/mol. The van der Waals surface area contributed by atoms with Gasteiger partial charge in [-0.15, -0.1) is 0 Å². The summed E-state index contributed by atoms with van der Waals surface area (Å²) in [6, 6.07) is 10.3. The molecular formula is C21H19F3N4O4S. The molecule has 1 unspecified atom stereocenters. The molecule has 1 aliphatic rings. The lowest BCUT2D eigenvalue weighted by Crippen LogP contribution is -2.40. The van der Waals surface area contributed by atoms with Crippen LogP contribution in [0.3, 0.4) is 0 Å².